The molecule has 1 unspecified atom stereocenters. The van der Waals surface area contributed by atoms with Gasteiger partial charge in [0.25, 0.3) is 10.0 Å². The summed E-state index contributed by atoms with van der Waals surface area (Å²) in [6, 6.07) is 7.33. The van der Waals surface area contributed by atoms with Gasteiger partial charge in [0.05, 0.1) is 23.8 Å². The van der Waals surface area contributed by atoms with Crippen molar-refractivity contribution in [2.24, 2.45) is 0 Å². The zero-order chi connectivity index (χ0) is 30.4. The van der Waals surface area contributed by atoms with E-state index in [2.05, 4.69) is 20.3 Å². The van der Waals surface area contributed by atoms with Crippen LogP contribution in [0.1, 0.15) is 44.1 Å². The highest BCUT2D eigenvalue weighted by Gasteiger charge is 2.40. The molecule has 1 aliphatic heterocycles. The van der Waals surface area contributed by atoms with E-state index in [9.17, 15) is 22.0 Å². The van der Waals surface area contributed by atoms with Gasteiger partial charge < -0.3 is 15.0 Å². The fraction of sp³-hybridized carbons (Fsp3) is 0.379. The number of aryl methyl sites for hydroxylation is 1. The molecule has 0 bridgehead atoms. The molecule has 4 heterocycles. The topological polar surface area (TPSA) is 119 Å². The summed E-state index contributed by atoms with van der Waals surface area (Å²) in [5, 5.41) is 3.06. The third-order valence-corrected chi connectivity index (χ3v) is 9.48. The minimum atomic E-state index is -4.16. The molecule has 0 radical (unpaired) electrons. The number of hydrogen-bond donors (Lipinski definition) is 1. The summed E-state index contributed by atoms with van der Waals surface area (Å²) in [6.07, 6.45) is 4.45. The van der Waals surface area contributed by atoms with Crippen LogP contribution in [0.2, 0.25) is 0 Å². The first-order valence-corrected chi connectivity index (χ1v) is 15.4. The van der Waals surface area contributed by atoms with Crippen molar-refractivity contribution < 1.29 is 31.1 Å². The number of fused-ring (bicyclic) bond motifs is 1. The van der Waals surface area contributed by atoms with Gasteiger partial charge in [-0.2, -0.15) is 0 Å². The van der Waals surface area contributed by atoms with Crippen LogP contribution in [0.25, 0.3) is 22.4 Å². The van der Waals surface area contributed by atoms with Crippen molar-refractivity contribution in [1.29, 1.82) is 0 Å². The number of nitrogens with zero attached hydrogens (tertiary/aromatic N) is 5. The molecule has 6 rings (SSSR count). The smallest absolute Gasteiger partial charge is 0.411 e. The quantitative estimate of drug-likeness (QED) is 0.280. The number of benzene rings is 1. The normalized spacial score (nSPS) is 18.6. The lowest BCUT2D eigenvalue weighted by molar-refractivity contribution is -0.0125. The van der Waals surface area contributed by atoms with Crippen LogP contribution < -0.4 is 5.32 Å². The molecule has 226 valence electrons. The van der Waals surface area contributed by atoms with Crippen LogP contribution in [0, 0.1) is 18.6 Å². The highest BCUT2D eigenvalue weighted by Crippen LogP contribution is 2.36. The molecule has 10 nitrogen and oxygen atoms in total. The summed E-state index contributed by atoms with van der Waals surface area (Å²) >= 11 is 0. The second-order valence-corrected chi connectivity index (χ2v) is 12.8. The maximum absolute atomic E-state index is 15.2. The largest absolute Gasteiger partial charge is 0.423 e. The lowest BCUT2D eigenvalue weighted by atomic mass is 9.91. The van der Waals surface area contributed by atoms with E-state index < -0.39 is 39.6 Å². The maximum atomic E-state index is 15.2. The Morgan fingerprint density at radius 1 is 1.09 bits per heavy atom. The van der Waals surface area contributed by atoms with E-state index >= 15 is 4.39 Å². The van der Waals surface area contributed by atoms with Gasteiger partial charge in [-0.25, -0.2) is 45.3 Å². The Hall–Kier alpha value is -4.20. The number of likely N-dealkylation sites (tertiary alicyclic amines) is 1. The van der Waals surface area contributed by atoms with E-state index in [4.69, 9.17) is 4.74 Å². The average molecular weight is 615 g/mol. The van der Waals surface area contributed by atoms with E-state index in [0.29, 0.717) is 25.7 Å². The van der Waals surface area contributed by atoms with Crippen molar-refractivity contribution in [1.82, 2.24) is 23.8 Å². The van der Waals surface area contributed by atoms with Gasteiger partial charge in [0.2, 0.25) is 0 Å². The molecule has 1 N–H and O–H groups in total. The SMILES string of the molecule is Cc1ccc(S(=O)(=O)n2cc(-c3ncc(F)c(NC4(OC(=O)N5CCC(F)C5)CCCCC4)n3)c3cc(F)cnc32)cc1. The summed E-state index contributed by atoms with van der Waals surface area (Å²) in [4.78, 5) is 26.6. The molecule has 2 aliphatic rings. The average Bonchev–Trinajstić information content (AvgIpc) is 3.59. The number of nitrogens with one attached hydrogen (secondary N) is 1. The van der Waals surface area contributed by atoms with E-state index in [0.717, 1.165) is 34.4 Å². The minimum Gasteiger partial charge on any atom is -0.423 e. The van der Waals surface area contributed by atoms with Crippen LogP contribution in [0.5, 0.6) is 0 Å². The minimum absolute atomic E-state index is 0.00630. The molecule has 2 fully saturated rings. The molecule has 1 amide bonds. The Kier molecular flexibility index (Phi) is 7.48. The number of ether oxygens (including phenoxy) is 1. The Balaban J connectivity index is 1.39. The number of halogens is 3. The standard InChI is InChI=1S/C29H29F3N6O4S/c1-18-5-7-21(8-6-18)43(40,41)38-17-23(22-13-20(31)14-34-27(22)38)25-33-15-24(32)26(35-25)36-29(10-3-2-4-11-29)42-28(39)37-12-9-19(30)16-37/h5-8,13-15,17,19H,2-4,9-12,16H2,1H3,(H,33,35,36). The summed E-state index contributed by atoms with van der Waals surface area (Å²) < 4.78 is 77.2. The second-order valence-electron chi connectivity index (χ2n) is 11.0. The van der Waals surface area contributed by atoms with Gasteiger partial charge >= 0.3 is 6.09 Å². The lowest BCUT2D eigenvalue weighted by Crippen LogP contribution is -2.48. The van der Waals surface area contributed by atoms with Crippen molar-refractivity contribution in [3.05, 3.63) is 66.1 Å². The Labute approximate surface area is 246 Å². The number of hydrogen-bond acceptors (Lipinski definition) is 8. The van der Waals surface area contributed by atoms with Crippen LogP contribution in [0.4, 0.5) is 23.8 Å². The number of carbonyl (C=O) groups excluding carboxylic acids is 1. The van der Waals surface area contributed by atoms with Crippen molar-refractivity contribution in [3.8, 4) is 11.4 Å². The third-order valence-electron chi connectivity index (χ3n) is 7.82. The Bertz CT molecular complexity index is 1790. The van der Waals surface area contributed by atoms with Gasteiger partial charge in [0.15, 0.2) is 28.8 Å². The highest BCUT2D eigenvalue weighted by molar-refractivity contribution is 7.90. The van der Waals surface area contributed by atoms with Crippen LogP contribution in [0.15, 0.2) is 53.8 Å². The van der Waals surface area contributed by atoms with Gasteiger partial charge in [-0.05, 0) is 44.4 Å². The second kappa shape index (κ2) is 11.1. The summed E-state index contributed by atoms with van der Waals surface area (Å²) in [7, 11) is -4.16. The van der Waals surface area contributed by atoms with Crippen molar-refractivity contribution >= 4 is 33.0 Å². The number of pyridine rings is 1. The molecule has 14 heteroatoms. The molecule has 1 saturated heterocycles. The van der Waals surface area contributed by atoms with Crippen LogP contribution >= 0.6 is 0 Å². The fourth-order valence-corrected chi connectivity index (χ4v) is 6.85. The number of alkyl halides is 1. The molecule has 43 heavy (non-hydrogen) atoms. The number of rotatable bonds is 6. The van der Waals surface area contributed by atoms with Gasteiger partial charge in [0, 0.05) is 36.5 Å². The third kappa shape index (κ3) is 5.63. The van der Waals surface area contributed by atoms with Crippen LogP contribution in [0.3, 0.4) is 0 Å². The van der Waals surface area contributed by atoms with E-state index in [1.54, 1.807) is 12.1 Å². The number of amides is 1. The molecule has 4 aromatic rings. The first-order valence-electron chi connectivity index (χ1n) is 14.0. The summed E-state index contributed by atoms with van der Waals surface area (Å²) in [5.74, 6) is -1.94. The molecular weight excluding hydrogens is 585 g/mol. The molecule has 0 spiro atoms. The van der Waals surface area contributed by atoms with Crippen molar-refractivity contribution in [3.63, 3.8) is 0 Å². The monoisotopic (exact) mass is 614 g/mol. The predicted octanol–water partition coefficient (Wildman–Crippen LogP) is 5.57. The van der Waals surface area contributed by atoms with Gasteiger partial charge in [-0.3, -0.25) is 0 Å². The molecule has 1 aromatic carbocycles. The van der Waals surface area contributed by atoms with Crippen LogP contribution in [-0.4, -0.2) is 63.3 Å². The lowest BCUT2D eigenvalue weighted by Gasteiger charge is -2.38. The molecule has 3 aromatic heterocycles. The van der Waals surface area contributed by atoms with E-state index in [1.165, 1.54) is 23.2 Å². The summed E-state index contributed by atoms with van der Waals surface area (Å²) in [6.45, 7) is 1.98. The molecule has 1 aliphatic carbocycles. The summed E-state index contributed by atoms with van der Waals surface area (Å²) in [5.41, 5.74) is -0.396. The van der Waals surface area contributed by atoms with Crippen molar-refractivity contribution in [2.75, 3.05) is 18.4 Å². The highest BCUT2D eigenvalue weighted by atomic mass is 32.2. The van der Waals surface area contributed by atoms with Crippen molar-refractivity contribution in [2.45, 2.75) is 62.2 Å². The zero-order valence-electron chi connectivity index (χ0n) is 23.3. The number of anilines is 1. The number of aromatic nitrogens is 4. The Morgan fingerprint density at radius 2 is 1.84 bits per heavy atom. The maximum Gasteiger partial charge on any atom is 0.411 e. The molecular formula is C29H29F3N6O4S. The Morgan fingerprint density at radius 3 is 2.53 bits per heavy atom. The van der Waals surface area contributed by atoms with Gasteiger partial charge in [-0.1, -0.05) is 24.1 Å². The van der Waals surface area contributed by atoms with E-state index in [1.807, 2.05) is 6.92 Å². The first-order chi connectivity index (χ1) is 20.5. The van der Waals surface area contributed by atoms with Gasteiger partial charge in [0.1, 0.15) is 12.0 Å². The van der Waals surface area contributed by atoms with Gasteiger partial charge in [-0.15, -0.1) is 0 Å². The number of carbonyl (C=O) groups is 1. The zero-order valence-corrected chi connectivity index (χ0v) is 24.1. The predicted molar refractivity (Wildman–Crippen MR) is 151 cm³/mol. The van der Waals surface area contributed by atoms with Crippen LogP contribution in [-0.2, 0) is 14.8 Å². The fourth-order valence-electron chi connectivity index (χ4n) is 5.53. The van der Waals surface area contributed by atoms with E-state index in [-0.39, 0.29) is 52.6 Å². The molecule has 1 atom stereocenters. The first kappa shape index (κ1) is 28.9. The molecule has 1 saturated carbocycles.